The number of nitrogens with zero attached hydrogens (tertiary/aromatic N) is 4. The van der Waals surface area contributed by atoms with Gasteiger partial charge in [0.05, 0.1) is 18.2 Å². The van der Waals surface area contributed by atoms with E-state index in [2.05, 4.69) is 16.7 Å². The average Bonchev–Trinajstić information content (AvgIpc) is 2.85. The van der Waals surface area contributed by atoms with E-state index < -0.39 is 11.6 Å². The van der Waals surface area contributed by atoms with Crippen LogP contribution in [-0.2, 0) is 21.7 Å². The van der Waals surface area contributed by atoms with Crippen molar-refractivity contribution in [2.45, 2.75) is 26.0 Å². The predicted octanol–water partition coefficient (Wildman–Crippen LogP) is 0.128. The molecule has 0 aliphatic heterocycles. The molecule has 1 aromatic heterocycles. The predicted molar refractivity (Wildman–Crippen MR) is 61.0 cm³/mol. The molecule has 1 N–H and O–H groups in total. The zero-order chi connectivity index (χ0) is 13.8. The summed E-state index contributed by atoms with van der Waals surface area (Å²) in [6, 6.07) is 1.66. The van der Waals surface area contributed by atoms with Gasteiger partial charge in [-0.1, -0.05) is 6.58 Å². The Morgan fingerprint density at radius 3 is 2.89 bits per heavy atom. The van der Waals surface area contributed by atoms with Crippen LogP contribution in [-0.4, -0.2) is 32.4 Å². The minimum atomic E-state index is -2.29. The molecule has 0 aliphatic rings. The molecule has 1 atom stereocenters. The summed E-state index contributed by atoms with van der Waals surface area (Å²) >= 11 is 0. The zero-order valence-electron chi connectivity index (χ0n) is 10.3. The van der Waals surface area contributed by atoms with Gasteiger partial charge in [0, 0.05) is 6.54 Å². The molecular weight excluding hydrogens is 236 g/mol. The van der Waals surface area contributed by atoms with Gasteiger partial charge in [0.1, 0.15) is 6.33 Å². The van der Waals surface area contributed by atoms with Crippen molar-refractivity contribution in [3.05, 3.63) is 24.3 Å². The van der Waals surface area contributed by atoms with Gasteiger partial charge in [0.2, 0.25) is 0 Å². The van der Waals surface area contributed by atoms with E-state index in [0.717, 1.165) is 0 Å². The maximum absolute atomic E-state index is 11.9. The third-order valence-electron chi connectivity index (χ3n) is 2.38. The highest BCUT2D eigenvalue weighted by Gasteiger charge is 2.47. The van der Waals surface area contributed by atoms with Gasteiger partial charge >= 0.3 is 5.97 Å². The van der Waals surface area contributed by atoms with Crippen molar-refractivity contribution < 1.29 is 14.6 Å². The molecule has 1 rings (SSSR count). The van der Waals surface area contributed by atoms with Crippen LogP contribution < -0.4 is 0 Å². The van der Waals surface area contributed by atoms with Crippen LogP contribution in [0.25, 0.3) is 0 Å². The first-order valence-corrected chi connectivity index (χ1v) is 5.39. The second-order valence-electron chi connectivity index (χ2n) is 3.42. The van der Waals surface area contributed by atoms with E-state index in [4.69, 9.17) is 10.00 Å². The monoisotopic (exact) mass is 250 g/mol. The highest BCUT2D eigenvalue weighted by atomic mass is 16.5. The lowest BCUT2D eigenvalue weighted by molar-refractivity contribution is -0.162. The molecule has 7 heteroatoms. The molecule has 0 saturated carbocycles. The van der Waals surface area contributed by atoms with Gasteiger partial charge in [-0.2, -0.15) is 10.4 Å². The van der Waals surface area contributed by atoms with E-state index in [9.17, 15) is 9.90 Å². The number of carbonyl (C=O) groups excluding carboxylic acids is 1. The third kappa shape index (κ3) is 2.10. The molecule has 1 heterocycles. The van der Waals surface area contributed by atoms with Crippen molar-refractivity contribution >= 4 is 5.97 Å². The van der Waals surface area contributed by atoms with Crippen LogP contribution in [0.3, 0.4) is 0 Å². The Bertz CT molecular complexity index is 503. The quantitative estimate of drug-likeness (QED) is 0.588. The smallest absolute Gasteiger partial charge is 0.351 e. The first-order chi connectivity index (χ1) is 8.52. The van der Waals surface area contributed by atoms with Crippen LogP contribution in [0.2, 0.25) is 0 Å². The molecule has 0 saturated heterocycles. The maximum Gasteiger partial charge on any atom is 0.351 e. The van der Waals surface area contributed by atoms with Gasteiger partial charge in [-0.05, 0) is 13.8 Å². The first kappa shape index (κ1) is 13.9. The van der Waals surface area contributed by atoms with Gasteiger partial charge in [-0.15, -0.1) is 0 Å². The van der Waals surface area contributed by atoms with Gasteiger partial charge in [-0.3, -0.25) is 0 Å². The summed E-state index contributed by atoms with van der Waals surface area (Å²) in [6.45, 7) is 7.20. The Labute approximate surface area is 104 Å². The van der Waals surface area contributed by atoms with E-state index in [1.165, 1.54) is 11.0 Å². The average molecular weight is 250 g/mol. The van der Waals surface area contributed by atoms with Crippen LogP contribution in [0.1, 0.15) is 19.7 Å². The van der Waals surface area contributed by atoms with Crippen molar-refractivity contribution in [2.75, 3.05) is 6.61 Å². The standard InChI is InChI=1S/C11H14N4O3/c1-4-15-9(13-7-14-15)11(17,8(3)6-12)10(16)18-5-2/h7,17H,3-5H2,1-2H3. The van der Waals surface area contributed by atoms with Gasteiger partial charge in [0.15, 0.2) is 5.82 Å². The molecule has 0 radical (unpaired) electrons. The third-order valence-corrected chi connectivity index (χ3v) is 2.38. The lowest BCUT2D eigenvalue weighted by Crippen LogP contribution is -2.41. The minimum absolute atomic E-state index is 0.0696. The fourth-order valence-electron chi connectivity index (χ4n) is 1.44. The van der Waals surface area contributed by atoms with Crippen molar-refractivity contribution in [1.82, 2.24) is 14.8 Å². The molecule has 0 fully saturated rings. The van der Waals surface area contributed by atoms with Crippen LogP contribution in [0.5, 0.6) is 0 Å². The number of carbonyl (C=O) groups is 1. The van der Waals surface area contributed by atoms with Crippen LogP contribution in [0, 0.1) is 11.3 Å². The largest absolute Gasteiger partial charge is 0.463 e. The molecule has 1 aromatic rings. The van der Waals surface area contributed by atoms with Crippen LogP contribution in [0.4, 0.5) is 0 Å². The molecular formula is C11H14N4O3. The summed E-state index contributed by atoms with van der Waals surface area (Å²) in [5.41, 5.74) is -2.65. The number of aliphatic hydroxyl groups is 1. The van der Waals surface area contributed by atoms with Gasteiger partial charge in [-0.25, -0.2) is 14.5 Å². The molecule has 0 bridgehead atoms. The first-order valence-electron chi connectivity index (χ1n) is 5.39. The Balaban J connectivity index is 3.34. The summed E-state index contributed by atoms with van der Waals surface area (Å²) in [5, 5.41) is 23.2. The number of aromatic nitrogens is 3. The number of rotatable bonds is 5. The zero-order valence-corrected chi connectivity index (χ0v) is 10.3. The highest BCUT2D eigenvalue weighted by Crippen LogP contribution is 2.28. The molecule has 0 spiro atoms. The Morgan fingerprint density at radius 1 is 1.72 bits per heavy atom. The molecule has 0 amide bonds. The highest BCUT2D eigenvalue weighted by molar-refractivity contribution is 5.85. The van der Waals surface area contributed by atoms with E-state index >= 15 is 0 Å². The number of aryl methyl sites for hydroxylation is 1. The number of hydrogen-bond donors (Lipinski definition) is 1. The molecule has 1 unspecified atom stereocenters. The van der Waals surface area contributed by atoms with Crippen molar-refractivity contribution in [3.8, 4) is 6.07 Å². The van der Waals surface area contributed by atoms with Crippen molar-refractivity contribution in [3.63, 3.8) is 0 Å². The number of ether oxygens (including phenoxy) is 1. The minimum Gasteiger partial charge on any atom is -0.463 e. The normalized spacial score (nSPS) is 13.4. The fraction of sp³-hybridized carbons (Fsp3) is 0.455. The Hall–Kier alpha value is -2.20. The van der Waals surface area contributed by atoms with Crippen LogP contribution >= 0.6 is 0 Å². The van der Waals surface area contributed by atoms with E-state index in [1.54, 1.807) is 19.9 Å². The molecule has 0 aliphatic carbocycles. The molecule has 7 nitrogen and oxygen atoms in total. The second kappa shape index (κ2) is 5.42. The summed E-state index contributed by atoms with van der Waals surface area (Å²) in [6.07, 6.45) is 1.19. The molecule has 0 aromatic carbocycles. The molecule has 96 valence electrons. The van der Waals surface area contributed by atoms with E-state index in [-0.39, 0.29) is 18.0 Å². The summed E-state index contributed by atoms with van der Waals surface area (Å²) in [5.74, 6) is -1.06. The SMILES string of the molecule is C=C(C#N)C(O)(C(=O)OCC)c1ncnn1CC. The van der Waals surface area contributed by atoms with Gasteiger partial charge in [0.25, 0.3) is 5.60 Å². The summed E-state index contributed by atoms with van der Waals surface area (Å²) in [4.78, 5) is 15.7. The van der Waals surface area contributed by atoms with Crippen molar-refractivity contribution in [2.24, 2.45) is 0 Å². The molecule has 18 heavy (non-hydrogen) atoms. The summed E-state index contributed by atoms with van der Waals surface area (Å²) < 4.78 is 6.08. The van der Waals surface area contributed by atoms with Crippen molar-refractivity contribution in [1.29, 1.82) is 5.26 Å². The topological polar surface area (TPSA) is 101 Å². The summed E-state index contributed by atoms with van der Waals surface area (Å²) in [7, 11) is 0. The fourth-order valence-corrected chi connectivity index (χ4v) is 1.44. The second-order valence-corrected chi connectivity index (χ2v) is 3.42. The van der Waals surface area contributed by atoms with E-state index in [0.29, 0.717) is 6.54 Å². The number of esters is 1. The van der Waals surface area contributed by atoms with Gasteiger partial charge < -0.3 is 9.84 Å². The lowest BCUT2D eigenvalue weighted by Gasteiger charge is -2.23. The Morgan fingerprint density at radius 2 is 2.39 bits per heavy atom. The van der Waals surface area contributed by atoms with Crippen LogP contribution in [0.15, 0.2) is 18.5 Å². The Kier molecular flexibility index (Phi) is 4.18. The number of nitriles is 1. The van der Waals surface area contributed by atoms with E-state index in [1.807, 2.05) is 0 Å². The lowest BCUT2D eigenvalue weighted by atomic mass is 9.94. The number of hydrogen-bond acceptors (Lipinski definition) is 6. The maximum atomic E-state index is 11.9.